The summed E-state index contributed by atoms with van der Waals surface area (Å²) in [6, 6.07) is 0. The van der Waals surface area contributed by atoms with E-state index < -0.39 is 0 Å². The smallest absolute Gasteiger partial charge is 0.177 e. The minimum atomic E-state index is 0.483. The van der Waals surface area contributed by atoms with E-state index in [-0.39, 0.29) is 0 Å². The standard InChI is InChI=1S/C4H9N3S3/c1-9-3(5)6-7-4(8)10-2/h1-2H3,(H2,5,6)(H,7,8). The molecule has 0 aliphatic heterocycles. The molecular weight excluding hydrogens is 186 g/mol. The van der Waals surface area contributed by atoms with E-state index in [0.717, 1.165) is 0 Å². The maximum Gasteiger partial charge on any atom is 0.177 e. The van der Waals surface area contributed by atoms with Crippen LogP contribution in [0.25, 0.3) is 0 Å². The van der Waals surface area contributed by atoms with Crippen LogP contribution in [0, 0.1) is 0 Å². The van der Waals surface area contributed by atoms with Crippen LogP contribution in [-0.4, -0.2) is 22.0 Å². The van der Waals surface area contributed by atoms with E-state index in [0.29, 0.717) is 9.49 Å². The van der Waals surface area contributed by atoms with Gasteiger partial charge in [-0.1, -0.05) is 35.7 Å². The number of thioether (sulfide) groups is 2. The topological polar surface area (TPSA) is 50.4 Å². The van der Waals surface area contributed by atoms with Crippen LogP contribution >= 0.6 is 35.7 Å². The van der Waals surface area contributed by atoms with Gasteiger partial charge in [0.15, 0.2) is 9.49 Å². The van der Waals surface area contributed by atoms with Crippen LogP contribution in [0.4, 0.5) is 0 Å². The molecule has 3 N–H and O–H groups in total. The normalized spacial score (nSPS) is 11.2. The summed E-state index contributed by atoms with van der Waals surface area (Å²) in [5.74, 6) is 0. The number of nitrogens with zero attached hydrogens (tertiary/aromatic N) is 1. The van der Waals surface area contributed by atoms with Crippen LogP contribution < -0.4 is 11.2 Å². The predicted octanol–water partition coefficient (Wildman–Crippen LogP) is 0.817. The van der Waals surface area contributed by atoms with Gasteiger partial charge in [0, 0.05) is 0 Å². The summed E-state index contributed by atoms with van der Waals surface area (Å²) in [6.45, 7) is 0. The molecule has 0 unspecified atom stereocenters. The zero-order valence-electron chi connectivity index (χ0n) is 5.75. The lowest BCUT2D eigenvalue weighted by Crippen LogP contribution is -2.16. The summed E-state index contributed by atoms with van der Waals surface area (Å²) in [5, 5.41) is 4.24. The Labute approximate surface area is 74.2 Å². The highest BCUT2D eigenvalue weighted by Gasteiger charge is 1.89. The first-order valence-corrected chi connectivity index (χ1v) is 5.27. The highest BCUT2D eigenvalue weighted by Crippen LogP contribution is 1.94. The molecule has 0 saturated carbocycles. The Morgan fingerprint density at radius 1 is 1.50 bits per heavy atom. The van der Waals surface area contributed by atoms with Gasteiger partial charge in [0.25, 0.3) is 0 Å². The maximum atomic E-state index is 5.36. The zero-order chi connectivity index (χ0) is 7.98. The molecule has 58 valence electrons. The minimum Gasteiger partial charge on any atom is -0.377 e. The molecule has 0 saturated heterocycles. The first-order valence-electron chi connectivity index (χ1n) is 2.41. The van der Waals surface area contributed by atoms with Gasteiger partial charge in [0.2, 0.25) is 0 Å². The number of nitrogens with two attached hydrogens (primary N) is 1. The lowest BCUT2D eigenvalue weighted by atomic mass is 11.3. The molecular formula is C4H9N3S3. The summed E-state index contributed by atoms with van der Waals surface area (Å²) in [7, 11) is 0. The monoisotopic (exact) mass is 195 g/mol. The number of amidine groups is 1. The number of thiocarbonyl (C=S) groups is 1. The third kappa shape index (κ3) is 4.89. The van der Waals surface area contributed by atoms with Crippen molar-refractivity contribution in [1.29, 1.82) is 0 Å². The molecule has 0 spiro atoms. The molecule has 3 nitrogen and oxygen atoms in total. The second-order valence-electron chi connectivity index (χ2n) is 1.26. The summed E-state index contributed by atoms with van der Waals surface area (Å²) in [4.78, 5) is 0. The van der Waals surface area contributed by atoms with Gasteiger partial charge < -0.3 is 5.73 Å². The zero-order valence-corrected chi connectivity index (χ0v) is 8.20. The second-order valence-corrected chi connectivity index (χ2v) is 3.57. The van der Waals surface area contributed by atoms with Crippen molar-refractivity contribution in [3.8, 4) is 0 Å². The molecule has 0 amide bonds. The second kappa shape index (κ2) is 5.82. The van der Waals surface area contributed by atoms with Gasteiger partial charge in [0.05, 0.1) is 0 Å². The molecule has 0 radical (unpaired) electrons. The molecule has 0 fully saturated rings. The van der Waals surface area contributed by atoms with Crippen LogP contribution in [0.1, 0.15) is 0 Å². The third-order valence-corrected chi connectivity index (χ3v) is 2.21. The van der Waals surface area contributed by atoms with E-state index in [1.165, 1.54) is 23.5 Å². The van der Waals surface area contributed by atoms with Gasteiger partial charge in [-0.05, 0) is 12.5 Å². The van der Waals surface area contributed by atoms with Crippen LogP contribution in [0.2, 0.25) is 0 Å². The number of nitrogens with one attached hydrogen (secondary N) is 1. The highest BCUT2D eigenvalue weighted by molar-refractivity contribution is 8.22. The Hall–Kier alpha value is 0.0600. The van der Waals surface area contributed by atoms with Crippen LogP contribution in [0.5, 0.6) is 0 Å². The minimum absolute atomic E-state index is 0.483. The van der Waals surface area contributed by atoms with Crippen molar-refractivity contribution < 1.29 is 0 Å². The van der Waals surface area contributed by atoms with Gasteiger partial charge in [-0.25, -0.2) is 0 Å². The van der Waals surface area contributed by atoms with E-state index in [9.17, 15) is 0 Å². The fourth-order valence-electron chi connectivity index (χ4n) is 0.192. The van der Waals surface area contributed by atoms with E-state index in [1.807, 2.05) is 12.5 Å². The third-order valence-electron chi connectivity index (χ3n) is 0.652. The van der Waals surface area contributed by atoms with E-state index in [2.05, 4.69) is 10.5 Å². The molecule has 0 rings (SSSR count). The molecule has 0 bridgehead atoms. The summed E-state index contributed by atoms with van der Waals surface area (Å²) >= 11 is 7.60. The largest absolute Gasteiger partial charge is 0.377 e. The van der Waals surface area contributed by atoms with Crippen molar-refractivity contribution in [2.75, 3.05) is 12.5 Å². The fraction of sp³-hybridized carbons (Fsp3) is 0.500. The number of hydrazone groups is 1. The van der Waals surface area contributed by atoms with Crippen LogP contribution in [-0.2, 0) is 0 Å². The lowest BCUT2D eigenvalue weighted by molar-refractivity contribution is 1.06. The first-order chi connectivity index (χ1) is 4.70. The summed E-state index contributed by atoms with van der Waals surface area (Å²) in [6.07, 6.45) is 3.72. The van der Waals surface area contributed by atoms with Crippen molar-refractivity contribution in [2.24, 2.45) is 10.8 Å². The lowest BCUT2D eigenvalue weighted by Gasteiger charge is -1.97. The maximum absolute atomic E-state index is 5.36. The molecule has 6 heteroatoms. The quantitative estimate of drug-likeness (QED) is 0.281. The van der Waals surface area contributed by atoms with Gasteiger partial charge in [-0.2, -0.15) is 0 Å². The van der Waals surface area contributed by atoms with Crippen molar-refractivity contribution in [1.82, 2.24) is 5.43 Å². The van der Waals surface area contributed by atoms with E-state index in [1.54, 1.807) is 0 Å². The van der Waals surface area contributed by atoms with E-state index >= 15 is 0 Å². The molecule has 10 heavy (non-hydrogen) atoms. The average Bonchev–Trinajstić information content (AvgIpc) is 1.99. The molecule has 0 aliphatic carbocycles. The Kier molecular flexibility index (Phi) is 5.85. The molecule has 0 heterocycles. The van der Waals surface area contributed by atoms with Crippen LogP contribution in [0.15, 0.2) is 5.10 Å². The SMILES string of the molecule is CSC(=S)N/N=C(\N)SC. The number of rotatable bonds is 1. The van der Waals surface area contributed by atoms with Crippen molar-refractivity contribution in [3.05, 3.63) is 0 Å². The Balaban J connectivity index is 3.61. The van der Waals surface area contributed by atoms with Gasteiger partial charge >= 0.3 is 0 Å². The molecule has 0 aliphatic rings. The fourth-order valence-corrected chi connectivity index (χ4v) is 0.512. The van der Waals surface area contributed by atoms with Crippen LogP contribution in [0.3, 0.4) is 0 Å². The first kappa shape index (κ1) is 10.1. The number of hydrogen-bond acceptors (Lipinski definition) is 4. The summed E-state index contributed by atoms with van der Waals surface area (Å²) < 4.78 is 0.622. The number of hydrogen-bond donors (Lipinski definition) is 2. The molecule has 0 atom stereocenters. The Morgan fingerprint density at radius 2 is 2.10 bits per heavy atom. The van der Waals surface area contributed by atoms with Crippen molar-refractivity contribution in [3.63, 3.8) is 0 Å². The molecule has 0 aromatic heterocycles. The van der Waals surface area contributed by atoms with E-state index in [4.69, 9.17) is 18.0 Å². The molecule has 0 aromatic rings. The van der Waals surface area contributed by atoms with Crippen molar-refractivity contribution >= 4 is 45.2 Å². The Bertz CT molecular complexity index is 145. The van der Waals surface area contributed by atoms with Gasteiger partial charge in [-0.15, -0.1) is 5.10 Å². The Morgan fingerprint density at radius 3 is 2.50 bits per heavy atom. The average molecular weight is 195 g/mol. The highest BCUT2D eigenvalue weighted by atomic mass is 32.2. The molecule has 0 aromatic carbocycles. The predicted molar refractivity (Wildman–Crippen MR) is 54.4 cm³/mol. The van der Waals surface area contributed by atoms with Gasteiger partial charge in [-0.3, -0.25) is 5.43 Å². The van der Waals surface area contributed by atoms with Crippen molar-refractivity contribution in [2.45, 2.75) is 0 Å². The van der Waals surface area contributed by atoms with Gasteiger partial charge in [0.1, 0.15) is 0 Å². The summed E-state index contributed by atoms with van der Waals surface area (Å²) in [5.41, 5.74) is 7.98.